The molecule has 5 unspecified atom stereocenters. The SMILES string of the molecule is CCCC(C)(C)OC1OC(CO)C(C(C)(CC)CC)C(O)C1O. The summed E-state index contributed by atoms with van der Waals surface area (Å²) in [5, 5.41) is 31.0. The van der Waals surface area contributed by atoms with E-state index in [0.29, 0.717) is 0 Å². The number of ether oxygens (including phenoxy) is 2. The Labute approximate surface area is 141 Å². The van der Waals surface area contributed by atoms with Gasteiger partial charge in [-0.05, 0) is 25.7 Å². The first-order valence-electron chi connectivity index (χ1n) is 8.96. The van der Waals surface area contributed by atoms with Crippen molar-refractivity contribution < 1.29 is 24.8 Å². The Morgan fingerprint density at radius 2 is 1.57 bits per heavy atom. The molecule has 0 saturated carbocycles. The van der Waals surface area contributed by atoms with Crippen molar-refractivity contribution in [1.29, 1.82) is 0 Å². The van der Waals surface area contributed by atoms with Gasteiger partial charge in [0.05, 0.1) is 24.4 Å². The molecule has 5 nitrogen and oxygen atoms in total. The largest absolute Gasteiger partial charge is 0.394 e. The predicted octanol–water partition coefficient (Wildman–Crippen LogP) is 2.46. The maximum Gasteiger partial charge on any atom is 0.187 e. The van der Waals surface area contributed by atoms with E-state index in [1.807, 2.05) is 13.8 Å². The summed E-state index contributed by atoms with van der Waals surface area (Å²) in [5.41, 5.74) is -0.663. The van der Waals surface area contributed by atoms with Crippen molar-refractivity contribution in [2.75, 3.05) is 6.61 Å². The van der Waals surface area contributed by atoms with Crippen LogP contribution in [-0.2, 0) is 9.47 Å². The van der Waals surface area contributed by atoms with Gasteiger partial charge in [-0.15, -0.1) is 0 Å². The molecule has 1 aliphatic heterocycles. The van der Waals surface area contributed by atoms with Gasteiger partial charge in [-0.25, -0.2) is 0 Å². The van der Waals surface area contributed by atoms with Crippen molar-refractivity contribution in [2.24, 2.45) is 11.3 Å². The standard InChI is InChI=1S/C18H36O5/c1-7-10-17(4,5)23-16-15(21)14(20)13(12(11-19)22-16)18(6,8-2)9-3/h12-16,19-21H,7-11H2,1-6H3. The molecule has 0 aliphatic carbocycles. The van der Waals surface area contributed by atoms with Crippen LogP contribution in [0.4, 0.5) is 0 Å². The Hall–Kier alpha value is -0.200. The monoisotopic (exact) mass is 332 g/mol. The summed E-state index contributed by atoms with van der Waals surface area (Å²) in [4.78, 5) is 0. The van der Waals surface area contributed by atoms with E-state index in [-0.39, 0.29) is 17.9 Å². The van der Waals surface area contributed by atoms with E-state index in [9.17, 15) is 15.3 Å². The number of aliphatic hydroxyl groups is 3. The lowest BCUT2D eigenvalue weighted by Gasteiger charge is -2.50. The molecule has 0 amide bonds. The summed E-state index contributed by atoms with van der Waals surface area (Å²) < 4.78 is 11.8. The van der Waals surface area contributed by atoms with Crippen molar-refractivity contribution in [2.45, 2.75) is 97.4 Å². The van der Waals surface area contributed by atoms with Crippen molar-refractivity contribution >= 4 is 0 Å². The highest BCUT2D eigenvalue weighted by molar-refractivity contribution is 4.97. The summed E-state index contributed by atoms with van der Waals surface area (Å²) in [6, 6.07) is 0. The van der Waals surface area contributed by atoms with Crippen LogP contribution < -0.4 is 0 Å². The minimum absolute atomic E-state index is 0.196. The van der Waals surface area contributed by atoms with Gasteiger partial charge < -0.3 is 24.8 Å². The second-order valence-corrected chi connectivity index (χ2v) is 7.72. The van der Waals surface area contributed by atoms with Gasteiger partial charge in [0.15, 0.2) is 6.29 Å². The topological polar surface area (TPSA) is 79.2 Å². The molecule has 1 heterocycles. The first kappa shape index (κ1) is 20.8. The van der Waals surface area contributed by atoms with Crippen LogP contribution >= 0.6 is 0 Å². The molecule has 138 valence electrons. The van der Waals surface area contributed by atoms with E-state index in [0.717, 1.165) is 25.7 Å². The smallest absolute Gasteiger partial charge is 0.187 e. The summed E-state index contributed by atoms with van der Waals surface area (Å²) in [6.07, 6.45) is -0.100. The second kappa shape index (κ2) is 8.26. The highest BCUT2D eigenvalue weighted by atomic mass is 16.7. The van der Waals surface area contributed by atoms with Crippen LogP contribution in [0, 0.1) is 11.3 Å². The molecule has 1 saturated heterocycles. The molecule has 1 aliphatic rings. The summed E-state index contributed by atoms with van der Waals surface area (Å²) >= 11 is 0. The van der Waals surface area contributed by atoms with Gasteiger partial charge in [-0.3, -0.25) is 0 Å². The molecule has 0 aromatic carbocycles. The molecule has 23 heavy (non-hydrogen) atoms. The average Bonchev–Trinajstić information content (AvgIpc) is 2.50. The van der Waals surface area contributed by atoms with Gasteiger partial charge in [0.1, 0.15) is 6.10 Å². The molecule has 3 N–H and O–H groups in total. The molecular formula is C18H36O5. The molecule has 0 bridgehead atoms. The van der Waals surface area contributed by atoms with Crippen LogP contribution in [0.15, 0.2) is 0 Å². The lowest BCUT2D eigenvalue weighted by molar-refractivity contribution is -0.326. The maximum absolute atomic E-state index is 10.7. The fourth-order valence-electron chi connectivity index (χ4n) is 3.74. The number of rotatable bonds is 8. The third kappa shape index (κ3) is 4.67. The first-order valence-corrected chi connectivity index (χ1v) is 8.96. The number of hydrogen-bond donors (Lipinski definition) is 3. The highest BCUT2D eigenvalue weighted by Gasteiger charge is 2.51. The Balaban J connectivity index is 2.98. The third-order valence-corrected chi connectivity index (χ3v) is 5.59. The highest BCUT2D eigenvalue weighted by Crippen LogP contribution is 2.44. The Morgan fingerprint density at radius 3 is 2.00 bits per heavy atom. The van der Waals surface area contributed by atoms with Gasteiger partial charge in [0.25, 0.3) is 0 Å². The summed E-state index contributed by atoms with van der Waals surface area (Å²) in [6.45, 7) is 12.0. The van der Waals surface area contributed by atoms with E-state index in [4.69, 9.17) is 9.47 Å². The average molecular weight is 332 g/mol. The molecule has 5 heteroatoms. The molecule has 1 rings (SSSR count). The van der Waals surface area contributed by atoms with Gasteiger partial charge in [-0.2, -0.15) is 0 Å². The van der Waals surface area contributed by atoms with Gasteiger partial charge in [-0.1, -0.05) is 47.0 Å². The second-order valence-electron chi connectivity index (χ2n) is 7.72. The fourth-order valence-corrected chi connectivity index (χ4v) is 3.74. The molecule has 0 aromatic heterocycles. The number of aliphatic hydroxyl groups excluding tert-OH is 3. The fraction of sp³-hybridized carbons (Fsp3) is 1.00. The minimum Gasteiger partial charge on any atom is -0.394 e. The third-order valence-electron chi connectivity index (χ3n) is 5.59. The molecule has 0 radical (unpaired) electrons. The van der Waals surface area contributed by atoms with Crippen molar-refractivity contribution in [3.63, 3.8) is 0 Å². The van der Waals surface area contributed by atoms with Gasteiger partial charge >= 0.3 is 0 Å². The quantitative estimate of drug-likeness (QED) is 0.636. The molecule has 1 fully saturated rings. The Kier molecular flexibility index (Phi) is 7.48. The van der Waals surface area contributed by atoms with Gasteiger partial charge in [0.2, 0.25) is 0 Å². The Bertz CT molecular complexity index is 351. The molecular weight excluding hydrogens is 296 g/mol. The minimum atomic E-state index is -1.11. The molecule has 0 aromatic rings. The van der Waals surface area contributed by atoms with Crippen molar-refractivity contribution in [3.8, 4) is 0 Å². The van der Waals surface area contributed by atoms with Crippen LogP contribution in [0.3, 0.4) is 0 Å². The van der Waals surface area contributed by atoms with Gasteiger partial charge in [0, 0.05) is 5.92 Å². The van der Waals surface area contributed by atoms with E-state index in [1.54, 1.807) is 0 Å². The van der Waals surface area contributed by atoms with Crippen LogP contribution in [0.1, 0.15) is 67.2 Å². The maximum atomic E-state index is 10.7. The van der Waals surface area contributed by atoms with Crippen molar-refractivity contribution in [3.05, 3.63) is 0 Å². The first-order chi connectivity index (χ1) is 10.7. The molecule has 5 atom stereocenters. The van der Waals surface area contributed by atoms with E-state index in [1.165, 1.54) is 0 Å². The zero-order valence-electron chi connectivity index (χ0n) is 15.6. The molecule has 0 spiro atoms. The van der Waals surface area contributed by atoms with E-state index >= 15 is 0 Å². The zero-order chi connectivity index (χ0) is 17.8. The summed E-state index contributed by atoms with van der Waals surface area (Å²) in [7, 11) is 0. The van der Waals surface area contributed by atoms with Crippen LogP contribution in [0.2, 0.25) is 0 Å². The van der Waals surface area contributed by atoms with Crippen molar-refractivity contribution in [1.82, 2.24) is 0 Å². The van der Waals surface area contributed by atoms with E-state index in [2.05, 4.69) is 27.7 Å². The van der Waals surface area contributed by atoms with Crippen LogP contribution in [0.5, 0.6) is 0 Å². The Morgan fingerprint density at radius 1 is 1.00 bits per heavy atom. The summed E-state index contributed by atoms with van der Waals surface area (Å²) in [5.74, 6) is -0.327. The van der Waals surface area contributed by atoms with Crippen LogP contribution in [-0.4, -0.2) is 52.1 Å². The lowest BCUT2D eigenvalue weighted by Crippen LogP contribution is -2.61. The normalized spacial score (nSPS) is 33.0. The predicted molar refractivity (Wildman–Crippen MR) is 90.0 cm³/mol. The number of hydrogen-bond acceptors (Lipinski definition) is 5. The van der Waals surface area contributed by atoms with E-state index < -0.39 is 30.2 Å². The lowest BCUT2D eigenvalue weighted by atomic mass is 9.66. The zero-order valence-corrected chi connectivity index (χ0v) is 15.6. The van der Waals surface area contributed by atoms with Crippen LogP contribution in [0.25, 0.3) is 0 Å².